The van der Waals surface area contributed by atoms with Crippen LogP contribution in [0.4, 0.5) is 4.39 Å². The van der Waals surface area contributed by atoms with E-state index in [0.29, 0.717) is 59.8 Å². The number of amides is 1. The fourth-order valence-corrected chi connectivity index (χ4v) is 6.00. The highest BCUT2D eigenvalue weighted by Crippen LogP contribution is 2.31. The number of para-hydroxylation sites is 1. The van der Waals surface area contributed by atoms with Crippen LogP contribution >= 0.6 is 23.1 Å². The summed E-state index contributed by atoms with van der Waals surface area (Å²) in [5, 5.41) is 11.6. The van der Waals surface area contributed by atoms with Gasteiger partial charge in [-0.3, -0.25) is 19.1 Å². The Bertz CT molecular complexity index is 1430. The summed E-state index contributed by atoms with van der Waals surface area (Å²) in [7, 11) is 0. The Labute approximate surface area is 227 Å². The Balaban J connectivity index is 1.32. The number of aromatic nitrogens is 5. The lowest BCUT2D eigenvalue weighted by atomic mass is 9.98. The van der Waals surface area contributed by atoms with Gasteiger partial charge < -0.3 is 9.64 Å². The zero-order valence-corrected chi connectivity index (χ0v) is 22.3. The van der Waals surface area contributed by atoms with Gasteiger partial charge in [-0.25, -0.2) is 9.37 Å². The number of likely N-dealkylation sites (tertiary alicyclic amines) is 1. The van der Waals surface area contributed by atoms with E-state index < -0.39 is 5.82 Å². The number of nitrogens with zero attached hydrogens (tertiary/aromatic N) is 6. The molecule has 9 nitrogen and oxygen atoms in total. The van der Waals surface area contributed by atoms with E-state index in [1.165, 1.54) is 29.2 Å². The zero-order valence-electron chi connectivity index (χ0n) is 20.6. The summed E-state index contributed by atoms with van der Waals surface area (Å²) in [6.07, 6.45) is 4.77. The summed E-state index contributed by atoms with van der Waals surface area (Å²) >= 11 is 2.73. The Hall–Kier alpha value is -3.64. The first-order chi connectivity index (χ1) is 18.5. The van der Waals surface area contributed by atoms with Crippen LogP contribution in [0.25, 0.3) is 17.1 Å². The zero-order chi connectivity index (χ0) is 26.5. The molecule has 38 heavy (non-hydrogen) atoms. The molecular weight excluding hydrogens is 527 g/mol. The summed E-state index contributed by atoms with van der Waals surface area (Å²) in [5.74, 6) is -0.265. The minimum absolute atomic E-state index is 0.195. The second-order valence-corrected chi connectivity index (χ2v) is 10.5. The second-order valence-electron chi connectivity index (χ2n) is 8.59. The number of ether oxygens (including phenoxy) is 1. The van der Waals surface area contributed by atoms with Gasteiger partial charge in [-0.1, -0.05) is 23.9 Å². The molecule has 12 heteroatoms. The highest BCUT2D eigenvalue weighted by atomic mass is 32.2. The summed E-state index contributed by atoms with van der Waals surface area (Å²) in [6, 6.07) is 10.1. The van der Waals surface area contributed by atoms with Crippen molar-refractivity contribution in [3.05, 3.63) is 70.7 Å². The quantitative estimate of drug-likeness (QED) is 0.230. The molecule has 1 fully saturated rings. The van der Waals surface area contributed by atoms with Gasteiger partial charge in [0.05, 0.1) is 24.0 Å². The topological polar surface area (TPSA) is 103 Å². The number of esters is 1. The average molecular weight is 553 g/mol. The molecule has 4 heterocycles. The Kier molecular flexibility index (Phi) is 8.08. The first-order valence-corrected chi connectivity index (χ1v) is 14.1. The summed E-state index contributed by atoms with van der Waals surface area (Å²) in [6.45, 7) is 3.02. The Morgan fingerprint density at radius 1 is 1.21 bits per heavy atom. The summed E-state index contributed by atoms with van der Waals surface area (Å²) in [4.78, 5) is 35.6. The van der Waals surface area contributed by atoms with Gasteiger partial charge in [0.25, 0.3) is 5.91 Å². The smallest absolute Gasteiger partial charge is 0.310 e. The first-order valence-electron chi connectivity index (χ1n) is 12.2. The molecule has 1 saturated heterocycles. The number of hydrogen-bond acceptors (Lipinski definition) is 9. The molecule has 3 aromatic heterocycles. The molecule has 0 bridgehead atoms. The third kappa shape index (κ3) is 5.60. The van der Waals surface area contributed by atoms with Crippen molar-refractivity contribution in [2.75, 3.05) is 19.7 Å². The number of carbonyl (C=O) groups excluding carboxylic acids is 2. The maximum absolute atomic E-state index is 14.8. The molecule has 0 spiro atoms. The molecule has 0 saturated carbocycles. The molecule has 0 N–H and O–H groups in total. The van der Waals surface area contributed by atoms with Crippen LogP contribution in [0.2, 0.25) is 0 Å². The third-order valence-electron chi connectivity index (χ3n) is 6.07. The second kappa shape index (κ2) is 11.8. The Morgan fingerprint density at radius 2 is 2.08 bits per heavy atom. The summed E-state index contributed by atoms with van der Waals surface area (Å²) < 4.78 is 21.6. The predicted octanol–water partition coefficient (Wildman–Crippen LogP) is 4.63. The molecular formula is C26H25FN6O3S2. The van der Waals surface area contributed by atoms with Crippen LogP contribution in [0.15, 0.2) is 59.3 Å². The van der Waals surface area contributed by atoms with E-state index in [1.807, 2.05) is 6.07 Å². The Morgan fingerprint density at radius 3 is 2.87 bits per heavy atom. The van der Waals surface area contributed by atoms with Crippen LogP contribution in [0.1, 0.15) is 35.3 Å². The maximum atomic E-state index is 14.8. The van der Waals surface area contributed by atoms with Crippen molar-refractivity contribution in [1.82, 2.24) is 29.6 Å². The van der Waals surface area contributed by atoms with Gasteiger partial charge in [0.2, 0.25) is 0 Å². The van der Waals surface area contributed by atoms with Crippen molar-refractivity contribution in [3.8, 4) is 17.1 Å². The molecule has 1 amide bonds. The molecule has 196 valence electrons. The van der Waals surface area contributed by atoms with Gasteiger partial charge >= 0.3 is 5.97 Å². The number of benzene rings is 1. The third-order valence-corrected chi connectivity index (χ3v) is 8.04. The largest absolute Gasteiger partial charge is 0.466 e. The lowest BCUT2D eigenvalue weighted by molar-refractivity contribution is -0.149. The molecule has 0 radical (unpaired) electrons. The van der Waals surface area contributed by atoms with Crippen molar-refractivity contribution >= 4 is 35.0 Å². The van der Waals surface area contributed by atoms with Crippen molar-refractivity contribution in [3.63, 3.8) is 0 Å². The van der Waals surface area contributed by atoms with Crippen LogP contribution in [0, 0.1) is 11.7 Å². The van der Waals surface area contributed by atoms with E-state index >= 15 is 0 Å². The number of rotatable bonds is 8. The van der Waals surface area contributed by atoms with Gasteiger partial charge in [-0.2, -0.15) is 0 Å². The van der Waals surface area contributed by atoms with Crippen molar-refractivity contribution in [2.24, 2.45) is 5.92 Å². The minimum Gasteiger partial charge on any atom is -0.466 e. The predicted molar refractivity (Wildman–Crippen MR) is 141 cm³/mol. The number of carbonyl (C=O) groups is 2. The monoisotopic (exact) mass is 552 g/mol. The average Bonchev–Trinajstić information content (AvgIpc) is 3.60. The van der Waals surface area contributed by atoms with Gasteiger partial charge in [-0.15, -0.1) is 21.5 Å². The lowest BCUT2D eigenvalue weighted by Gasteiger charge is -2.31. The fourth-order valence-electron chi connectivity index (χ4n) is 4.27. The normalized spacial score (nSPS) is 15.4. The molecule has 1 unspecified atom stereocenters. The molecule has 1 aromatic carbocycles. The lowest BCUT2D eigenvalue weighted by Crippen LogP contribution is -2.43. The van der Waals surface area contributed by atoms with E-state index in [1.54, 1.807) is 58.4 Å². The molecule has 0 aliphatic carbocycles. The van der Waals surface area contributed by atoms with Crippen LogP contribution in [0.5, 0.6) is 0 Å². The number of hydrogen-bond donors (Lipinski definition) is 0. The van der Waals surface area contributed by atoms with Crippen LogP contribution in [0.3, 0.4) is 0 Å². The van der Waals surface area contributed by atoms with Crippen molar-refractivity contribution in [1.29, 1.82) is 0 Å². The van der Waals surface area contributed by atoms with E-state index in [0.717, 1.165) is 11.4 Å². The number of thioether (sulfide) groups is 1. The molecule has 1 atom stereocenters. The van der Waals surface area contributed by atoms with Crippen molar-refractivity contribution < 1.29 is 18.7 Å². The molecule has 1 aliphatic rings. The van der Waals surface area contributed by atoms with Gasteiger partial charge in [-0.05, 0) is 44.0 Å². The van der Waals surface area contributed by atoms with E-state index in [-0.39, 0.29) is 17.8 Å². The standard InChI is InChI=1S/C26H25FN6O3S2/c1-2-36-25(35)18-8-6-12-32(14-18)24(34)20-15-37-22(29-20)16-38-26-31-30-23(17-7-5-11-28-13-17)33(26)21-10-4-3-9-19(21)27/h3-5,7,9-11,13,15,18H,2,6,8,12,14,16H2,1H3. The van der Waals surface area contributed by atoms with E-state index in [2.05, 4.69) is 20.2 Å². The summed E-state index contributed by atoms with van der Waals surface area (Å²) in [5.41, 5.74) is 1.39. The van der Waals surface area contributed by atoms with Crippen LogP contribution in [-0.2, 0) is 15.3 Å². The number of pyridine rings is 1. The maximum Gasteiger partial charge on any atom is 0.310 e. The SMILES string of the molecule is CCOC(=O)C1CCCN(C(=O)c2csc(CSc3nnc(-c4cccnc4)n3-c3ccccc3F)n2)C1. The number of piperidine rings is 1. The number of halogens is 1. The van der Waals surface area contributed by atoms with Gasteiger partial charge in [0.1, 0.15) is 16.5 Å². The molecule has 1 aliphatic heterocycles. The first kappa shape index (κ1) is 26.0. The molecule has 4 aromatic rings. The highest BCUT2D eigenvalue weighted by molar-refractivity contribution is 7.98. The highest BCUT2D eigenvalue weighted by Gasteiger charge is 2.30. The minimum atomic E-state index is -0.399. The number of thiazole rings is 1. The van der Waals surface area contributed by atoms with E-state index in [4.69, 9.17) is 4.74 Å². The fraction of sp³-hybridized carbons (Fsp3) is 0.308. The van der Waals surface area contributed by atoms with E-state index in [9.17, 15) is 14.0 Å². The van der Waals surface area contributed by atoms with Crippen molar-refractivity contribution in [2.45, 2.75) is 30.7 Å². The van der Waals surface area contributed by atoms with Gasteiger partial charge in [0.15, 0.2) is 11.0 Å². The molecule has 5 rings (SSSR count). The van der Waals surface area contributed by atoms with Crippen LogP contribution < -0.4 is 0 Å². The van der Waals surface area contributed by atoms with Gasteiger partial charge in [0, 0.05) is 36.4 Å². The van der Waals surface area contributed by atoms with Crippen LogP contribution in [-0.4, -0.2) is 61.2 Å².